The minimum absolute atomic E-state index is 0.0150. The fraction of sp³-hybridized carbons (Fsp3) is 0.389. The van der Waals surface area contributed by atoms with Crippen molar-refractivity contribution in [3.8, 4) is 5.75 Å². The van der Waals surface area contributed by atoms with Gasteiger partial charge in [0, 0.05) is 19.0 Å². The lowest BCUT2D eigenvalue weighted by molar-refractivity contribution is -0.141. The summed E-state index contributed by atoms with van der Waals surface area (Å²) < 4.78 is 44.7. The van der Waals surface area contributed by atoms with Crippen LogP contribution in [0.25, 0.3) is 0 Å². The van der Waals surface area contributed by atoms with Gasteiger partial charge in [0.15, 0.2) is 0 Å². The minimum atomic E-state index is -4.48. The molecule has 2 aliphatic heterocycles. The van der Waals surface area contributed by atoms with E-state index >= 15 is 0 Å². The number of aliphatic hydroxyl groups is 1. The molecule has 0 saturated carbocycles. The minimum Gasteiger partial charge on any atom is -0.493 e. The maximum atomic E-state index is 12.9. The Kier molecular flexibility index (Phi) is 3.64. The Morgan fingerprint density at radius 3 is 2.76 bits per heavy atom. The predicted octanol–water partition coefficient (Wildman–Crippen LogP) is 3.08. The molecule has 1 fully saturated rings. The van der Waals surface area contributed by atoms with Gasteiger partial charge in [-0.25, -0.2) is 4.98 Å². The third-order valence-electron chi connectivity index (χ3n) is 5.12. The van der Waals surface area contributed by atoms with E-state index in [-0.39, 0.29) is 18.3 Å². The molecule has 4 rings (SSSR count). The molecular formula is C18H17F3N2O2. The van der Waals surface area contributed by atoms with E-state index < -0.39 is 17.3 Å². The summed E-state index contributed by atoms with van der Waals surface area (Å²) in [4.78, 5) is 5.59. The summed E-state index contributed by atoms with van der Waals surface area (Å²) in [5.74, 6) is 1.03. The van der Waals surface area contributed by atoms with Crippen LogP contribution in [0.15, 0.2) is 42.5 Å². The summed E-state index contributed by atoms with van der Waals surface area (Å²) in [5.41, 5.74) is -0.462. The first-order valence-corrected chi connectivity index (χ1v) is 8.05. The summed E-state index contributed by atoms with van der Waals surface area (Å²) >= 11 is 0. The van der Waals surface area contributed by atoms with E-state index in [2.05, 4.69) is 4.98 Å². The molecule has 0 bridgehead atoms. The van der Waals surface area contributed by atoms with E-state index in [4.69, 9.17) is 4.74 Å². The van der Waals surface area contributed by atoms with Gasteiger partial charge < -0.3 is 14.7 Å². The number of hydrogen-bond acceptors (Lipinski definition) is 4. The molecule has 0 aliphatic carbocycles. The molecule has 4 nitrogen and oxygen atoms in total. The van der Waals surface area contributed by atoms with Gasteiger partial charge in [-0.2, -0.15) is 13.2 Å². The lowest BCUT2D eigenvalue weighted by Crippen LogP contribution is -2.42. The van der Waals surface area contributed by atoms with Crippen molar-refractivity contribution < 1.29 is 23.0 Å². The highest BCUT2D eigenvalue weighted by Crippen LogP contribution is 2.50. The van der Waals surface area contributed by atoms with E-state index in [0.717, 1.165) is 17.4 Å². The van der Waals surface area contributed by atoms with E-state index in [1.54, 1.807) is 6.07 Å². The average Bonchev–Trinajstić information content (AvgIpc) is 3.02. The Morgan fingerprint density at radius 2 is 2.00 bits per heavy atom. The monoisotopic (exact) mass is 350 g/mol. The van der Waals surface area contributed by atoms with E-state index in [0.29, 0.717) is 19.7 Å². The maximum absolute atomic E-state index is 12.9. The zero-order valence-corrected chi connectivity index (χ0v) is 13.3. The topological polar surface area (TPSA) is 45.6 Å². The van der Waals surface area contributed by atoms with Crippen LogP contribution < -0.4 is 9.64 Å². The molecule has 1 N–H and O–H groups in total. The van der Waals surface area contributed by atoms with Crippen LogP contribution in [0.5, 0.6) is 5.75 Å². The number of rotatable bonds is 2. The van der Waals surface area contributed by atoms with Crippen molar-refractivity contribution in [3.63, 3.8) is 0 Å². The molecule has 0 unspecified atom stereocenters. The Hall–Kier alpha value is -2.28. The number of hydrogen-bond donors (Lipinski definition) is 1. The number of anilines is 1. The second-order valence-electron chi connectivity index (χ2n) is 6.66. The third-order valence-corrected chi connectivity index (χ3v) is 5.12. The molecule has 0 spiro atoms. The van der Waals surface area contributed by atoms with Crippen LogP contribution in [0.3, 0.4) is 0 Å². The molecule has 3 heterocycles. The number of benzene rings is 1. The Balaban J connectivity index is 1.70. The van der Waals surface area contributed by atoms with Crippen LogP contribution in [0.4, 0.5) is 19.0 Å². The summed E-state index contributed by atoms with van der Waals surface area (Å²) in [5, 5.41) is 10.0. The molecule has 2 atom stereocenters. The SMILES string of the molecule is OC[C@]12COc3ccccc3[C@H]1CN(c1cccc(C(F)(F)F)n1)C2. The van der Waals surface area contributed by atoms with Crippen molar-refractivity contribution in [3.05, 3.63) is 53.7 Å². The second kappa shape index (κ2) is 5.62. The zero-order chi connectivity index (χ0) is 17.7. The van der Waals surface area contributed by atoms with Crippen LogP contribution in [0.2, 0.25) is 0 Å². The lowest BCUT2D eigenvalue weighted by atomic mass is 9.74. The van der Waals surface area contributed by atoms with Gasteiger partial charge in [-0.3, -0.25) is 0 Å². The van der Waals surface area contributed by atoms with E-state index in [9.17, 15) is 18.3 Å². The Morgan fingerprint density at radius 1 is 1.20 bits per heavy atom. The van der Waals surface area contributed by atoms with Crippen molar-refractivity contribution in [2.45, 2.75) is 12.1 Å². The van der Waals surface area contributed by atoms with Crippen molar-refractivity contribution >= 4 is 5.82 Å². The summed E-state index contributed by atoms with van der Waals surface area (Å²) in [6.07, 6.45) is -4.48. The molecule has 0 radical (unpaired) electrons. The molecule has 132 valence electrons. The zero-order valence-electron chi connectivity index (χ0n) is 13.3. The molecule has 0 amide bonds. The summed E-state index contributed by atoms with van der Waals surface area (Å²) in [6, 6.07) is 11.5. The quantitative estimate of drug-likeness (QED) is 0.904. The van der Waals surface area contributed by atoms with Crippen molar-refractivity contribution in [1.82, 2.24) is 4.98 Å². The number of para-hydroxylation sites is 1. The lowest BCUT2D eigenvalue weighted by Gasteiger charge is -2.37. The van der Waals surface area contributed by atoms with E-state index in [1.807, 2.05) is 29.2 Å². The Bertz CT molecular complexity index is 796. The molecular weight excluding hydrogens is 333 g/mol. The molecule has 1 aromatic carbocycles. The summed E-state index contributed by atoms with van der Waals surface area (Å²) in [7, 11) is 0. The van der Waals surface area contributed by atoms with Gasteiger partial charge in [0.05, 0.1) is 18.6 Å². The van der Waals surface area contributed by atoms with Gasteiger partial charge in [0.1, 0.15) is 17.3 Å². The molecule has 25 heavy (non-hydrogen) atoms. The van der Waals surface area contributed by atoms with Gasteiger partial charge in [-0.05, 0) is 23.8 Å². The van der Waals surface area contributed by atoms with Crippen LogP contribution in [0, 0.1) is 5.41 Å². The fourth-order valence-corrected chi connectivity index (χ4v) is 3.80. The van der Waals surface area contributed by atoms with Crippen molar-refractivity contribution in [2.24, 2.45) is 5.41 Å². The number of fused-ring (bicyclic) bond motifs is 3. The summed E-state index contributed by atoms with van der Waals surface area (Å²) in [6.45, 7) is 1.13. The highest BCUT2D eigenvalue weighted by Gasteiger charge is 2.51. The first kappa shape index (κ1) is 16.2. The number of nitrogens with zero attached hydrogens (tertiary/aromatic N) is 2. The van der Waals surface area contributed by atoms with Gasteiger partial charge >= 0.3 is 6.18 Å². The van der Waals surface area contributed by atoms with Gasteiger partial charge in [0.2, 0.25) is 0 Å². The molecule has 2 aliphatic rings. The first-order chi connectivity index (χ1) is 11.9. The van der Waals surface area contributed by atoms with Crippen LogP contribution in [0.1, 0.15) is 17.2 Å². The van der Waals surface area contributed by atoms with Gasteiger partial charge in [0.25, 0.3) is 0 Å². The molecule has 1 aromatic heterocycles. The first-order valence-electron chi connectivity index (χ1n) is 8.05. The molecule has 2 aromatic rings. The van der Waals surface area contributed by atoms with Crippen molar-refractivity contribution in [2.75, 3.05) is 31.2 Å². The maximum Gasteiger partial charge on any atom is 0.433 e. The smallest absolute Gasteiger partial charge is 0.433 e. The van der Waals surface area contributed by atoms with Crippen LogP contribution in [-0.4, -0.2) is 36.4 Å². The number of aliphatic hydroxyl groups excluding tert-OH is 1. The second-order valence-corrected chi connectivity index (χ2v) is 6.66. The largest absolute Gasteiger partial charge is 0.493 e. The van der Waals surface area contributed by atoms with Crippen molar-refractivity contribution in [1.29, 1.82) is 0 Å². The van der Waals surface area contributed by atoms with Crippen LogP contribution in [-0.2, 0) is 6.18 Å². The highest BCUT2D eigenvalue weighted by molar-refractivity contribution is 5.49. The molecule has 1 saturated heterocycles. The predicted molar refractivity (Wildman–Crippen MR) is 85.6 cm³/mol. The average molecular weight is 350 g/mol. The number of ether oxygens (including phenoxy) is 1. The molecule has 7 heteroatoms. The van der Waals surface area contributed by atoms with Crippen LogP contribution >= 0.6 is 0 Å². The van der Waals surface area contributed by atoms with E-state index in [1.165, 1.54) is 6.07 Å². The number of aromatic nitrogens is 1. The third kappa shape index (κ3) is 2.63. The highest BCUT2D eigenvalue weighted by atomic mass is 19.4. The fourth-order valence-electron chi connectivity index (χ4n) is 3.80. The normalized spacial score (nSPS) is 25.3. The van der Waals surface area contributed by atoms with Gasteiger partial charge in [-0.15, -0.1) is 0 Å². The number of halogens is 3. The Labute approximate surface area is 142 Å². The van der Waals surface area contributed by atoms with Gasteiger partial charge in [-0.1, -0.05) is 24.3 Å². The number of pyridine rings is 1. The number of alkyl halides is 3. The standard InChI is InChI=1S/C18H17F3N2O2/c19-18(20,21)15-6-3-7-16(22-15)23-8-13-12-4-1-2-5-14(12)25-11-17(13,9-23)10-24/h1-7,13,24H,8-11H2/t13-,17-/m1/s1.